The molecule has 0 aliphatic carbocycles. The van der Waals surface area contributed by atoms with Crippen molar-refractivity contribution in [1.82, 2.24) is 0 Å². The van der Waals surface area contributed by atoms with Crippen molar-refractivity contribution in [3.63, 3.8) is 0 Å². The molecule has 4 rings (SSSR count). The molecule has 0 N–H and O–H groups in total. The van der Waals surface area contributed by atoms with Crippen LogP contribution in [0.3, 0.4) is 0 Å². The minimum Gasteiger partial charge on any atom is -0.484 e. The molecule has 0 aromatic heterocycles. The molecule has 2 saturated heterocycles. The molecular formula is C20H16ClF3N2O4S2. The normalized spacial score (nSPS) is 23.4. The first kappa shape index (κ1) is 22.9. The minimum atomic E-state index is -4.57. The summed E-state index contributed by atoms with van der Waals surface area (Å²) in [4.78, 5) is 17.9. The summed E-state index contributed by atoms with van der Waals surface area (Å²) in [5.74, 6) is -0.608. The molecule has 2 aromatic rings. The first-order valence-corrected chi connectivity index (χ1v) is 12.4. The van der Waals surface area contributed by atoms with Crippen molar-refractivity contribution in [1.29, 1.82) is 0 Å². The molecule has 2 aliphatic rings. The van der Waals surface area contributed by atoms with Crippen LogP contribution in [0.15, 0.2) is 53.5 Å². The number of carbonyl (C=O) groups excluding carboxylic acids is 1. The highest BCUT2D eigenvalue weighted by molar-refractivity contribution is 8.16. The number of aliphatic imine (C=N–C) groups is 1. The Kier molecular flexibility index (Phi) is 6.17. The number of nitrogens with zero attached hydrogens (tertiary/aromatic N) is 2. The lowest BCUT2D eigenvalue weighted by Gasteiger charge is -2.25. The van der Waals surface area contributed by atoms with Crippen LogP contribution in [0.5, 0.6) is 5.75 Å². The standard InChI is InChI=1S/C20H16ClF3N2O4S2/c21-13-4-6-15(7-5-13)30-9-18(27)25-19-26(16-10-32(28,29)11-17(16)31-19)14-3-1-2-12(8-14)20(22,23)24/h1-8,16-17H,9-11H2/t16-,17-/m0/s1. The third-order valence-corrected chi connectivity index (χ3v) is 8.38. The molecule has 2 aromatic carbocycles. The van der Waals surface area contributed by atoms with E-state index in [1.807, 2.05) is 0 Å². The maximum absolute atomic E-state index is 13.2. The van der Waals surface area contributed by atoms with Gasteiger partial charge >= 0.3 is 6.18 Å². The van der Waals surface area contributed by atoms with Gasteiger partial charge in [0, 0.05) is 16.0 Å². The molecule has 32 heavy (non-hydrogen) atoms. The predicted molar refractivity (Wildman–Crippen MR) is 117 cm³/mol. The van der Waals surface area contributed by atoms with Gasteiger partial charge in [0.2, 0.25) is 0 Å². The second kappa shape index (κ2) is 8.60. The summed E-state index contributed by atoms with van der Waals surface area (Å²) in [5, 5.41) is 0.224. The van der Waals surface area contributed by atoms with Gasteiger partial charge < -0.3 is 9.64 Å². The Bertz CT molecular complexity index is 1170. The molecule has 2 heterocycles. The Morgan fingerprint density at radius 2 is 1.91 bits per heavy atom. The highest BCUT2D eigenvalue weighted by atomic mass is 35.5. The number of hydrogen-bond donors (Lipinski definition) is 0. The van der Waals surface area contributed by atoms with Gasteiger partial charge in [0.15, 0.2) is 21.6 Å². The fourth-order valence-corrected chi connectivity index (χ4v) is 7.57. The number of ether oxygens (including phenoxy) is 1. The monoisotopic (exact) mass is 504 g/mol. The average Bonchev–Trinajstić information content (AvgIpc) is 3.17. The van der Waals surface area contributed by atoms with Crippen LogP contribution >= 0.6 is 23.4 Å². The fourth-order valence-electron chi connectivity index (χ4n) is 3.51. The number of thioether (sulfide) groups is 1. The predicted octanol–water partition coefficient (Wildman–Crippen LogP) is 4.04. The zero-order valence-electron chi connectivity index (χ0n) is 16.3. The lowest BCUT2D eigenvalue weighted by molar-refractivity contribution is -0.137. The topological polar surface area (TPSA) is 76.0 Å². The number of carbonyl (C=O) groups is 1. The maximum Gasteiger partial charge on any atom is 0.416 e. The Morgan fingerprint density at radius 1 is 1.19 bits per heavy atom. The summed E-state index contributed by atoms with van der Waals surface area (Å²) in [6, 6.07) is 10.3. The molecular weight excluding hydrogens is 489 g/mol. The zero-order chi connectivity index (χ0) is 23.1. The van der Waals surface area contributed by atoms with Crippen LogP contribution in [0.2, 0.25) is 5.02 Å². The number of sulfone groups is 1. The van der Waals surface area contributed by atoms with E-state index in [1.54, 1.807) is 24.3 Å². The molecule has 0 unspecified atom stereocenters. The van der Waals surface area contributed by atoms with E-state index in [2.05, 4.69) is 4.99 Å². The molecule has 170 valence electrons. The van der Waals surface area contributed by atoms with Gasteiger partial charge in [-0.3, -0.25) is 4.79 Å². The highest BCUT2D eigenvalue weighted by Crippen LogP contribution is 2.42. The Labute approximate surface area is 191 Å². The van der Waals surface area contributed by atoms with E-state index in [0.29, 0.717) is 10.8 Å². The average molecular weight is 505 g/mol. The third kappa shape index (κ3) is 5.05. The van der Waals surface area contributed by atoms with Crippen molar-refractivity contribution < 1.29 is 31.1 Å². The number of halogens is 4. The van der Waals surface area contributed by atoms with Crippen LogP contribution in [0.1, 0.15) is 5.56 Å². The van der Waals surface area contributed by atoms with Crippen LogP contribution < -0.4 is 9.64 Å². The summed E-state index contributed by atoms with van der Waals surface area (Å²) in [6.07, 6.45) is -4.57. The molecule has 2 aliphatic heterocycles. The largest absolute Gasteiger partial charge is 0.484 e. The van der Waals surface area contributed by atoms with Crippen molar-refractivity contribution in [3.05, 3.63) is 59.1 Å². The van der Waals surface area contributed by atoms with Crippen LogP contribution in [0, 0.1) is 0 Å². The smallest absolute Gasteiger partial charge is 0.416 e. The van der Waals surface area contributed by atoms with Gasteiger partial charge in [0.1, 0.15) is 5.75 Å². The Morgan fingerprint density at radius 3 is 2.59 bits per heavy atom. The summed E-state index contributed by atoms with van der Waals surface area (Å²) < 4.78 is 69.2. The second-order valence-electron chi connectivity index (χ2n) is 7.25. The van der Waals surface area contributed by atoms with E-state index in [9.17, 15) is 26.4 Å². The number of fused-ring (bicyclic) bond motifs is 1. The Hall–Kier alpha value is -2.24. The van der Waals surface area contributed by atoms with Crippen molar-refractivity contribution in [2.24, 2.45) is 4.99 Å². The molecule has 6 nitrogen and oxygen atoms in total. The van der Waals surface area contributed by atoms with Crippen molar-refractivity contribution in [3.8, 4) is 5.75 Å². The van der Waals surface area contributed by atoms with Gasteiger partial charge in [-0.25, -0.2) is 8.42 Å². The first-order valence-electron chi connectivity index (χ1n) is 9.35. The summed E-state index contributed by atoms with van der Waals surface area (Å²) >= 11 is 6.88. The molecule has 2 fully saturated rings. The van der Waals surface area contributed by atoms with Crippen LogP contribution in [0.4, 0.5) is 18.9 Å². The number of rotatable bonds is 4. The van der Waals surface area contributed by atoms with Crippen molar-refractivity contribution in [2.45, 2.75) is 17.5 Å². The summed E-state index contributed by atoms with van der Waals surface area (Å²) in [7, 11) is -3.35. The van der Waals surface area contributed by atoms with Crippen molar-refractivity contribution in [2.75, 3.05) is 23.0 Å². The van der Waals surface area contributed by atoms with E-state index in [0.717, 1.165) is 23.9 Å². The van der Waals surface area contributed by atoms with E-state index < -0.39 is 45.4 Å². The van der Waals surface area contributed by atoms with E-state index in [1.165, 1.54) is 17.0 Å². The van der Waals surface area contributed by atoms with Crippen molar-refractivity contribution >= 4 is 50.0 Å². The lowest BCUT2D eigenvalue weighted by Crippen LogP contribution is -2.38. The number of alkyl halides is 3. The number of amidine groups is 1. The summed E-state index contributed by atoms with van der Waals surface area (Å²) in [5.41, 5.74) is -0.747. The van der Waals surface area contributed by atoms with Gasteiger partial charge in [-0.15, -0.1) is 0 Å². The quantitative estimate of drug-likeness (QED) is 0.625. The number of hydrogen-bond acceptors (Lipinski definition) is 5. The highest BCUT2D eigenvalue weighted by Gasteiger charge is 2.49. The molecule has 1 amide bonds. The van der Waals surface area contributed by atoms with E-state index in [4.69, 9.17) is 16.3 Å². The van der Waals surface area contributed by atoms with Crippen LogP contribution in [0.25, 0.3) is 0 Å². The molecule has 0 spiro atoms. The van der Waals surface area contributed by atoms with E-state index >= 15 is 0 Å². The molecule has 0 radical (unpaired) electrons. The number of anilines is 1. The van der Waals surface area contributed by atoms with E-state index in [-0.39, 0.29) is 22.4 Å². The maximum atomic E-state index is 13.2. The zero-order valence-corrected chi connectivity index (χ0v) is 18.6. The first-order chi connectivity index (χ1) is 15.0. The van der Waals surface area contributed by atoms with Gasteiger partial charge in [0.05, 0.1) is 23.1 Å². The molecule has 0 saturated carbocycles. The Balaban J connectivity index is 1.60. The van der Waals surface area contributed by atoms with Crippen LogP contribution in [-0.4, -0.2) is 48.9 Å². The number of amides is 1. The van der Waals surface area contributed by atoms with Gasteiger partial charge in [-0.05, 0) is 42.5 Å². The molecule has 2 atom stereocenters. The molecule has 12 heteroatoms. The lowest BCUT2D eigenvalue weighted by atomic mass is 10.1. The fraction of sp³-hybridized carbons (Fsp3) is 0.300. The third-order valence-electron chi connectivity index (χ3n) is 4.91. The summed E-state index contributed by atoms with van der Waals surface area (Å²) in [6.45, 7) is -0.393. The minimum absolute atomic E-state index is 0.127. The second-order valence-corrected chi connectivity index (χ2v) is 11.0. The number of benzene rings is 2. The van der Waals surface area contributed by atoms with Gasteiger partial charge in [-0.1, -0.05) is 29.4 Å². The van der Waals surface area contributed by atoms with Crippen LogP contribution in [-0.2, 0) is 20.8 Å². The van der Waals surface area contributed by atoms with Gasteiger partial charge in [-0.2, -0.15) is 18.2 Å². The molecule has 0 bridgehead atoms. The SMILES string of the molecule is O=C(COc1ccc(Cl)cc1)N=C1S[C@H]2CS(=O)(=O)C[C@@H]2N1c1cccc(C(F)(F)F)c1. The van der Waals surface area contributed by atoms with Gasteiger partial charge in [0.25, 0.3) is 5.91 Å².